The zero-order valence-corrected chi connectivity index (χ0v) is 8.77. The number of halogens is 1. The molecule has 0 radical (unpaired) electrons. The largest absolute Gasteiger partial charge is 0.486 e. The Balaban J connectivity index is 2.20. The van der Waals surface area contributed by atoms with Crippen LogP contribution in [-0.2, 0) is 0 Å². The number of aromatic nitrogens is 1. The summed E-state index contributed by atoms with van der Waals surface area (Å²) in [6.45, 7) is 0.809. The van der Waals surface area contributed by atoms with Crippen LogP contribution in [-0.4, -0.2) is 18.4 Å². The monoisotopic (exact) mass is 236 g/mol. The van der Waals surface area contributed by atoms with E-state index in [1.165, 1.54) is 18.2 Å². The third-order valence-electron chi connectivity index (χ3n) is 2.43. The number of benzene rings is 1. The van der Waals surface area contributed by atoms with Gasteiger partial charge in [-0.05, 0) is 12.1 Å². The first-order chi connectivity index (χ1) is 8.25. The Morgan fingerprint density at radius 1 is 1.24 bits per heavy atom. The molecule has 0 unspecified atom stereocenters. The summed E-state index contributed by atoms with van der Waals surface area (Å²) in [5.74, 6) is 0.761. The Labute approximate surface area is 95.9 Å². The SMILES string of the molecule is Nc1cc(-c2c(F)ccc3c2OCCO3)on1. The highest BCUT2D eigenvalue weighted by Crippen LogP contribution is 2.41. The van der Waals surface area contributed by atoms with E-state index in [4.69, 9.17) is 19.7 Å². The molecule has 0 amide bonds. The van der Waals surface area contributed by atoms with Gasteiger partial charge in [-0.1, -0.05) is 5.16 Å². The molecule has 2 heterocycles. The summed E-state index contributed by atoms with van der Waals surface area (Å²) in [6, 6.07) is 4.26. The van der Waals surface area contributed by atoms with E-state index in [0.29, 0.717) is 24.7 Å². The van der Waals surface area contributed by atoms with Gasteiger partial charge in [0, 0.05) is 6.07 Å². The second-order valence-electron chi connectivity index (χ2n) is 3.56. The minimum atomic E-state index is -0.467. The lowest BCUT2D eigenvalue weighted by Crippen LogP contribution is -2.16. The predicted octanol–water partition coefficient (Wildman–Crippen LogP) is 1.83. The molecule has 0 aliphatic carbocycles. The van der Waals surface area contributed by atoms with Gasteiger partial charge in [-0.15, -0.1) is 0 Å². The van der Waals surface area contributed by atoms with Gasteiger partial charge >= 0.3 is 0 Å². The first kappa shape index (κ1) is 9.95. The van der Waals surface area contributed by atoms with E-state index < -0.39 is 5.82 Å². The zero-order valence-electron chi connectivity index (χ0n) is 8.77. The first-order valence-electron chi connectivity index (χ1n) is 5.06. The van der Waals surface area contributed by atoms with Gasteiger partial charge in [0.1, 0.15) is 24.6 Å². The maximum absolute atomic E-state index is 13.8. The quantitative estimate of drug-likeness (QED) is 0.817. The molecule has 1 aliphatic rings. The minimum absolute atomic E-state index is 0.186. The third kappa shape index (κ3) is 1.57. The van der Waals surface area contributed by atoms with E-state index in [2.05, 4.69) is 5.16 Å². The van der Waals surface area contributed by atoms with E-state index in [-0.39, 0.29) is 17.1 Å². The lowest BCUT2D eigenvalue weighted by atomic mass is 10.1. The second kappa shape index (κ2) is 3.65. The van der Waals surface area contributed by atoms with Crippen molar-refractivity contribution in [3.8, 4) is 22.8 Å². The smallest absolute Gasteiger partial charge is 0.175 e. The first-order valence-corrected chi connectivity index (χ1v) is 5.06. The van der Waals surface area contributed by atoms with Crippen molar-refractivity contribution in [2.45, 2.75) is 0 Å². The number of ether oxygens (including phenoxy) is 2. The molecule has 1 aromatic carbocycles. The van der Waals surface area contributed by atoms with Crippen molar-refractivity contribution in [1.82, 2.24) is 5.16 Å². The lowest BCUT2D eigenvalue weighted by molar-refractivity contribution is 0.171. The van der Waals surface area contributed by atoms with Crippen LogP contribution in [0.1, 0.15) is 0 Å². The molecule has 17 heavy (non-hydrogen) atoms. The van der Waals surface area contributed by atoms with E-state index >= 15 is 0 Å². The van der Waals surface area contributed by atoms with Crippen LogP contribution in [0.25, 0.3) is 11.3 Å². The van der Waals surface area contributed by atoms with Gasteiger partial charge in [0.2, 0.25) is 0 Å². The van der Waals surface area contributed by atoms with Crippen molar-refractivity contribution in [2.24, 2.45) is 0 Å². The molecule has 1 aromatic heterocycles. The number of nitrogens with two attached hydrogens (primary N) is 1. The maximum atomic E-state index is 13.8. The Hall–Kier alpha value is -2.24. The van der Waals surface area contributed by atoms with Crippen molar-refractivity contribution in [3.63, 3.8) is 0 Å². The second-order valence-corrected chi connectivity index (χ2v) is 3.56. The number of fused-ring (bicyclic) bond motifs is 1. The highest BCUT2D eigenvalue weighted by atomic mass is 19.1. The molecule has 88 valence electrons. The molecule has 6 heteroatoms. The molecule has 1 aliphatic heterocycles. The Kier molecular flexibility index (Phi) is 2.14. The number of anilines is 1. The highest BCUT2D eigenvalue weighted by Gasteiger charge is 2.23. The molecule has 0 fully saturated rings. The topological polar surface area (TPSA) is 70.5 Å². The number of nitrogen functional groups attached to an aromatic ring is 1. The molecule has 0 saturated heterocycles. The van der Waals surface area contributed by atoms with Crippen molar-refractivity contribution in [3.05, 3.63) is 24.0 Å². The zero-order chi connectivity index (χ0) is 11.8. The Morgan fingerprint density at radius 3 is 2.82 bits per heavy atom. The summed E-state index contributed by atoms with van der Waals surface area (Å²) >= 11 is 0. The van der Waals surface area contributed by atoms with E-state index in [1.54, 1.807) is 0 Å². The van der Waals surface area contributed by atoms with Gasteiger partial charge in [-0.3, -0.25) is 0 Å². The van der Waals surface area contributed by atoms with Crippen molar-refractivity contribution >= 4 is 5.82 Å². The van der Waals surface area contributed by atoms with Gasteiger partial charge in [-0.25, -0.2) is 4.39 Å². The molecule has 0 atom stereocenters. The number of rotatable bonds is 1. The summed E-state index contributed by atoms with van der Waals surface area (Å²) in [7, 11) is 0. The number of nitrogens with zero attached hydrogens (tertiary/aromatic N) is 1. The fourth-order valence-corrected chi connectivity index (χ4v) is 1.73. The molecule has 3 rings (SSSR count). The van der Waals surface area contributed by atoms with Crippen LogP contribution in [0.3, 0.4) is 0 Å². The normalized spacial score (nSPS) is 13.7. The lowest BCUT2D eigenvalue weighted by Gasteiger charge is -2.20. The summed E-state index contributed by atoms with van der Waals surface area (Å²) in [5.41, 5.74) is 5.63. The highest BCUT2D eigenvalue weighted by molar-refractivity contribution is 5.72. The fourth-order valence-electron chi connectivity index (χ4n) is 1.73. The van der Waals surface area contributed by atoms with Crippen LogP contribution in [0.5, 0.6) is 11.5 Å². The molecule has 2 aromatic rings. The fraction of sp³-hybridized carbons (Fsp3) is 0.182. The molecule has 2 N–H and O–H groups in total. The van der Waals surface area contributed by atoms with Gasteiger partial charge in [0.05, 0.1) is 0 Å². The third-order valence-corrected chi connectivity index (χ3v) is 2.43. The van der Waals surface area contributed by atoms with Crippen LogP contribution >= 0.6 is 0 Å². The predicted molar refractivity (Wildman–Crippen MR) is 57.3 cm³/mol. The molecule has 0 spiro atoms. The van der Waals surface area contributed by atoms with Crippen LogP contribution in [0.15, 0.2) is 22.7 Å². The summed E-state index contributed by atoms with van der Waals surface area (Å²) in [6.07, 6.45) is 0. The van der Waals surface area contributed by atoms with Gasteiger partial charge < -0.3 is 19.7 Å². The standard InChI is InChI=1S/C11H9FN2O3/c12-6-1-2-7-11(16-4-3-15-7)10(6)8-5-9(13)14-17-8/h1-2,5H,3-4H2,(H2,13,14). The van der Waals surface area contributed by atoms with Crippen LogP contribution in [0.2, 0.25) is 0 Å². The average molecular weight is 236 g/mol. The van der Waals surface area contributed by atoms with Gasteiger partial charge in [0.25, 0.3) is 0 Å². The van der Waals surface area contributed by atoms with Crippen LogP contribution < -0.4 is 15.2 Å². The van der Waals surface area contributed by atoms with Crippen molar-refractivity contribution < 1.29 is 18.4 Å². The van der Waals surface area contributed by atoms with Gasteiger partial charge in [0.15, 0.2) is 23.1 Å². The van der Waals surface area contributed by atoms with Crippen molar-refractivity contribution in [1.29, 1.82) is 0 Å². The van der Waals surface area contributed by atoms with Gasteiger partial charge in [-0.2, -0.15) is 0 Å². The molecular weight excluding hydrogens is 227 g/mol. The van der Waals surface area contributed by atoms with E-state index in [0.717, 1.165) is 0 Å². The Morgan fingerprint density at radius 2 is 2.06 bits per heavy atom. The molecular formula is C11H9FN2O3. The molecule has 0 bridgehead atoms. The van der Waals surface area contributed by atoms with E-state index in [1.807, 2.05) is 0 Å². The number of hydrogen-bond donors (Lipinski definition) is 1. The van der Waals surface area contributed by atoms with Crippen molar-refractivity contribution in [2.75, 3.05) is 18.9 Å². The average Bonchev–Trinajstić information content (AvgIpc) is 2.75. The van der Waals surface area contributed by atoms with Crippen LogP contribution in [0.4, 0.5) is 10.2 Å². The minimum Gasteiger partial charge on any atom is -0.486 e. The summed E-state index contributed by atoms with van der Waals surface area (Å²) in [4.78, 5) is 0. The summed E-state index contributed by atoms with van der Waals surface area (Å²) < 4.78 is 29.5. The molecule has 0 saturated carbocycles. The Bertz CT molecular complexity index is 568. The molecule has 5 nitrogen and oxygen atoms in total. The van der Waals surface area contributed by atoms with E-state index in [9.17, 15) is 4.39 Å². The van der Waals surface area contributed by atoms with Crippen LogP contribution in [0, 0.1) is 5.82 Å². The summed E-state index contributed by atoms with van der Waals surface area (Å²) in [5, 5.41) is 3.52. The maximum Gasteiger partial charge on any atom is 0.175 e. The number of hydrogen-bond acceptors (Lipinski definition) is 5.